The van der Waals surface area contributed by atoms with E-state index >= 15 is 0 Å². The molecular weight excluding hydrogens is 392 g/mol. The molecule has 0 amide bonds. The maximum absolute atomic E-state index is 12.8. The zero-order chi connectivity index (χ0) is 21.1. The van der Waals surface area contributed by atoms with E-state index in [1.165, 1.54) is 32.1 Å². The smallest absolute Gasteiger partial charge is 0.263 e. The molecule has 5 rings (SSSR count). The summed E-state index contributed by atoms with van der Waals surface area (Å²) in [6, 6.07) is 7.00. The Labute approximate surface area is 182 Å². The average molecular weight is 429 g/mol. The van der Waals surface area contributed by atoms with Gasteiger partial charge in [-0.25, -0.2) is 0 Å². The lowest BCUT2D eigenvalue weighted by molar-refractivity contribution is -0.112. The molecule has 0 radical (unpaired) electrons. The summed E-state index contributed by atoms with van der Waals surface area (Å²) in [7, 11) is -3.69. The zero-order valence-corrected chi connectivity index (χ0v) is 19.5. The maximum atomic E-state index is 12.8. The number of fused-ring (bicyclic) bond motifs is 5. The summed E-state index contributed by atoms with van der Waals surface area (Å²) in [5.41, 5.74) is 1.83. The lowest BCUT2D eigenvalue weighted by Crippen LogP contribution is -2.53. The third kappa shape index (κ3) is 3.30. The molecule has 0 aromatic heterocycles. The van der Waals surface area contributed by atoms with Crippen molar-refractivity contribution in [2.24, 2.45) is 34.5 Å². The third-order valence-corrected chi connectivity index (χ3v) is 10.9. The molecule has 0 N–H and O–H groups in total. The Morgan fingerprint density at radius 3 is 2.50 bits per heavy atom. The molecule has 0 heterocycles. The summed E-state index contributed by atoms with van der Waals surface area (Å²) >= 11 is 0. The fourth-order valence-electron chi connectivity index (χ4n) is 7.73. The van der Waals surface area contributed by atoms with Crippen LogP contribution >= 0.6 is 0 Å². The van der Waals surface area contributed by atoms with Crippen LogP contribution in [0.2, 0.25) is 0 Å². The van der Waals surface area contributed by atoms with E-state index in [4.69, 9.17) is 4.18 Å². The van der Waals surface area contributed by atoms with E-state index in [2.05, 4.69) is 26.0 Å². The zero-order valence-electron chi connectivity index (χ0n) is 18.6. The van der Waals surface area contributed by atoms with Crippen molar-refractivity contribution in [2.45, 2.75) is 83.1 Å². The molecule has 7 atom stereocenters. The minimum atomic E-state index is -3.69. The molecule has 3 fully saturated rings. The van der Waals surface area contributed by atoms with Gasteiger partial charge in [-0.05, 0) is 105 Å². The first kappa shape index (κ1) is 20.8. The van der Waals surface area contributed by atoms with E-state index in [0.29, 0.717) is 16.7 Å². The summed E-state index contributed by atoms with van der Waals surface area (Å²) < 4.78 is 31.4. The first-order valence-corrected chi connectivity index (χ1v) is 13.3. The lowest BCUT2D eigenvalue weighted by atomic mass is 9.45. The highest BCUT2D eigenvalue weighted by Gasteiger charge is 2.57. The van der Waals surface area contributed by atoms with Crippen LogP contribution in [0.3, 0.4) is 0 Å². The highest BCUT2D eigenvalue weighted by molar-refractivity contribution is 7.86. The first-order valence-electron chi connectivity index (χ1n) is 11.9. The number of benzene rings is 1. The lowest BCUT2D eigenvalue weighted by Gasteiger charge is -2.60. The molecule has 0 saturated heterocycles. The van der Waals surface area contributed by atoms with Crippen LogP contribution < -0.4 is 0 Å². The van der Waals surface area contributed by atoms with Gasteiger partial charge >= 0.3 is 0 Å². The van der Waals surface area contributed by atoms with E-state index in [-0.39, 0.29) is 11.0 Å². The molecule has 1 aromatic carbocycles. The van der Waals surface area contributed by atoms with E-state index in [1.54, 1.807) is 12.1 Å². The van der Waals surface area contributed by atoms with Gasteiger partial charge in [-0.1, -0.05) is 43.7 Å². The SMILES string of the molecule is Cc1ccc(S(=O)(=O)O[C@H]2CC[C@@]3(C)[C@@H](CC[C@@H]4[C@@H]3CC[C@]3(C)C=CC[C@@H]43)C2)cc1. The van der Waals surface area contributed by atoms with Gasteiger partial charge in [0.05, 0.1) is 11.0 Å². The quantitative estimate of drug-likeness (QED) is 0.420. The van der Waals surface area contributed by atoms with Crippen molar-refractivity contribution >= 4 is 10.1 Å². The minimum absolute atomic E-state index is 0.173. The van der Waals surface area contributed by atoms with Crippen LogP contribution in [-0.4, -0.2) is 14.5 Å². The monoisotopic (exact) mass is 428 g/mol. The van der Waals surface area contributed by atoms with Gasteiger partial charge in [-0.2, -0.15) is 8.42 Å². The Kier molecular flexibility index (Phi) is 4.98. The number of hydrogen-bond acceptors (Lipinski definition) is 3. The molecule has 0 bridgehead atoms. The molecule has 1 aromatic rings. The third-order valence-electron chi connectivity index (χ3n) is 9.52. The van der Waals surface area contributed by atoms with Crippen molar-refractivity contribution in [3.05, 3.63) is 42.0 Å². The second-order valence-corrected chi connectivity index (χ2v) is 12.7. The Morgan fingerprint density at radius 2 is 1.73 bits per heavy atom. The van der Waals surface area contributed by atoms with Gasteiger partial charge in [0, 0.05) is 0 Å². The number of rotatable bonds is 3. The Bertz CT molecular complexity index is 934. The molecule has 0 aliphatic heterocycles. The maximum Gasteiger partial charge on any atom is 0.297 e. The van der Waals surface area contributed by atoms with Crippen LogP contribution in [0.1, 0.15) is 70.8 Å². The molecular formula is C26H36O3S. The van der Waals surface area contributed by atoms with Gasteiger partial charge in [0.15, 0.2) is 0 Å². The topological polar surface area (TPSA) is 43.4 Å². The van der Waals surface area contributed by atoms with Crippen LogP contribution in [0, 0.1) is 41.4 Å². The molecule has 4 aliphatic rings. The van der Waals surface area contributed by atoms with Crippen LogP contribution in [0.4, 0.5) is 0 Å². The summed E-state index contributed by atoms with van der Waals surface area (Å²) in [5, 5.41) is 0. The minimum Gasteiger partial charge on any atom is -0.263 e. The van der Waals surface area contributed by atoms with Crippen LogP contribution in [0.25, 0.3) is 0 Å². The van der Waals surface area contributed by atoms with Gasteiger partial charge in [0.2, 0.25) is 0 Å². The predicted octanol–water partition coefficient (Wildman–Crippen LogP) is 6.28. The van der Waals surface area contributed by atoms with Gasteiger partial charge in [0.25, 0.3) is 10.1 Å². The second kappa shape index (κ2) is 7.20. The van der Waals surface area contributed by atoms with E-state index in [9.17, 15) is 8.42 Å². The van der Waals surface area contributed by atoms with E-state index in [1.807, 2.05) is 19.1 Å². The largest absolute Gasteiger partial charge is 0.297 e. The molecule has 164 valence electrons. The predicted molar refractivity (Wildman–Crippen MR) is 119 cm³/mol. The van der Waals surface area contributed by atoms with Gasteiger partial charge < -0.3 is 0 Å². The van der Waals surface area contributed by atoms with Gasteiger partial charge in [0.1, 0.15) is 0 Å². The Hall–Kier alpha value is -1.13. The van der Waals surface area contributed by atoms with Crippen LogP contribution in [0.15, 0.2) is 41.3 Å². The number of aryl methyl sites for hydroxylation is 1. The van der Waals surface area contributed by atoms with Crippen LogP contribution in [-0.2, 0) is 14.3 Å². The van der Waals surface area contributed by atoms with Crippen LogP contribution in [0.5, 0.6) is 0 Å². The normalized spacial score (nSPS) is 43.0. The summed E-state index contributed by atoms with van der Waals surface area (Å²) in [6.07, 6.45) is 14.1. The standard InChI is InChI=1S/C26H36O3S/c1-18-6-9-21(10-7-18)30(27,28)29-20-12-16-26(3)19(17-20)8-11-22-23-5-4-14-25(23,2)15-13-24(22)26/h4,6-7,9-10,14,19-20,22-24H,5,8,11-13,15-17H2,1-3H3/t19-,20-,22-,23-,24-,25-,26-/m0/s1. The second-order valence-electron chi connectivity index (χ2n) is 11.1. The molecule has 3 saturated carbocycles. The molecule has 4 aliphatic carbocycles. The van der Waals surface area contributed by atoms with Crippen molar-refractivity contribution in [1.82, 2.24) is 0 Å². The first-order chi connectivity index (χ1) is 14.2. The molecule has 3 nitrogen and oxygen atoms in total. The average Bonchev–Trinajstić information content (AvgIpc) is 3.10. The molecule has 0 unspecified atom stereocenters. The highest BCUT2D eigenvalue weighted by Crippen LogP contribution is 2.65. The summed E-state index contributed by atoms with van der Waals surface area (Å²) in [5.74, 6) is 3.05. The van der Waals surface area contributed by atoms with Crippen molar-refractivity contribution in [2.75, 3.05) is 0 Å². The Morgan fingerprint density at radius 1 is 0.967 bits per heavy atom. The summed E-state index contributed by atoms with van der Waals surface area (Å²) in [4.78, 5) is 0.283. The van der Waals surface area contributed by atoms with Crippen molar-refractivity contribution < 1.29 is 12.6 Å². The molecule has 30 heavy (non-hydrogen) atoms. The molecule has 4 heteroatoms. The van der Waals surface area contributed by atoms with Crippen molar-refractivity contribution in [3.63, 3.8) is 0 Å². The van der Waals surface area contributed by atoms with E-state index < -0.39 is 10.1 Å². The fraction of sp³-hybridized carbons (Fsp3) is 0.692. The number of allylic oxidation sites excluding steroid dienone is 2. The van der Waals surface area contributed by atoms with Gasteiger partial charge in [-0.3, -0.25) is 4.18 Å². The summed E-state index contributed by atoms with van der Waals surface area (Å²) in [6.45, 7) is 6.96. The van der Waals surface area contributed by atoms with Crippen molar-refractivity contribution in [1.29, 1.82) is 0 Å². The van der Waals surface area contributed by atoms with E-state index in [0.717, 1.165) is 42.6 Å². The molecule has 0 spiro atoms. The fourth-order valence-corrected chi connectivity index (χ4v) is 8.84. The van der Waals surface area contributed by atoms with Gasteiger partial charge in [-0.15, -0.1) is 0 Å². The number of hydrogen-bond donors (Lipinski definition) is 0. The Balaban J connectivity index is 1.30. The van der Waals surface area contributed by atoms with Crippen molar-refractivity contribution in [3.8, 4) is 0 Å². The highest BCUT2D eigenvalue weighted by atomic mass is 32.2.